The summed E-state index contributed by atoms with van der Waals surface area (Å²) in [6, 6.07) is 13.8. The molecule has 1 aliphatic rings. The molecule has 37 heavy (non-hydrogen) atoms. The van der Waals surface area contributed by atoms with Crippen LogP contribution in [0, 0.1) is 19.8 Å². The van der Waals surface area contributed by atoms with Gasteiger partial charge in [0, 0.05) is 38.6 Å². The van der Waals surface area contributed by atoms with Crippen LogP contribution in [0.1, 0.15) is 16.7 Å². The van der Waals surface area contributed by atoms with Crippen molar-refractivity contribution in [2.24, 2.45) is 18.0 Å². The minimum absolute atomic E-state index is 0.0622. The summed E-state index contributed by atoms with van der Waals surface area (Å²) in [6.45, 7) is 4.68. The SMILES string of the molecule is Cc1cccc(C)c1CC1CN=C(NN(C)C)CN(CC(=O)Nc2cccc(-c3cnn(C)c3)c2)C1=O. The minimum atomic E-state index is -0.344. The number of nitrogens with one attached hydrogen (secondary N) is 2. The molecule has 3 aromatic rings. The molecule has 0 radical (unpaired) electrons. The molecule has 1 aliphatic heterocycles. The van der Waals surface area contributed by atoms with Crippen LogP contribution in [-0.4, -0.2) is 71.1 Å². The third kappa shape index (κ3) is 6.62. The number of carbonyl (C=O) groups is 2. The normalized spacial score (nSPS) is 15.9. The van der Waals surface area contributed by atoms with Crippen LogP contribution in [0.4, 0.5) is 5.69 Å². The molecule has 2 heterocycles. The van der Waals surface area contributed by atoms with Gasteiger partial charge in [-0.15, -0.1) is 0 Å². The number of nitrogens with zero attached hydrogens (tertiary/aromatic N) is 5. The summed E-state index contributed by atoms with van der Waals surface area (Å²) in [5, 5.41) is 8.96. The van der Waals surface area contributed by atoms with Crippen LogP contribution < -0.4 is 10.7 Å². The van der Waals surface area contributed by atoms with Gasteiger partial charge in [0.2, 0.25) is 11.8 Å². The maximum Gasteiger partial charge on any atom is 0.244 e. The van der Waals surface area contributed by atoms with Crippen molar-refractivity contribution < 1.29 is 9.59 Å². The summed E-state index contributed by atoms with van der Waals surface area (Å²) < 4.78 is 1.74. The van der Waals surface area contributed by atoms with Crippen molar-refractivity contribution in [2.75, 3.05) is 39.0 Å². The van der Waals surface area contributed by atoms with E-state index < -0.39 is 0 Å². The highest BCUT2D eigenvalue weighted by atomic mass is 16.2. The average molecular weight is 502 g/mol. The van der Waals surface area contributed by atoms with Gasteiger partial charge in [-0.1, -0.05) is 30.3 Å². The molecule has 2 N–H and O–H groups in total. The molecule has 1 atom stereocenters. The van der Waals surface area contributed by atoms with Gasteiger partial charge in [-0.25, -0.2) is 5.01 Å². The monoisotopic (exact) mass is 501 g/mol. The Morgan fingerprint density at radius 1 is 1.11 bits per heavy atom. The molecule has 2 aromatic carbocycles. The number of anilines is 1. The first-order valence-corrected chi connectivity index (χ1v) is 12.4. The quantitative estimate of drug-likeness (QED) is 0.486. The predicted octanol–water partition coefficient (Wildman–Crippen LogP) is 2.81. The second-order valence-electron chi connectivity index (χ2n) is 9.79. The third-order valence-electron chi connectivity index (χ3n) is 6.47. The van der Waals surface area contributed by atoms with Crippen LogP contribution in [0.2, 0.25) is 0 Å². The van der Waals surface area contributed by atoms with Crippen molar-refractivity contribution >= 4 is 23.3 Å². The van der Waals surface area contributed by atoms with Crippen LogP contribution >= 0.6 is 0 Å². The van der Waals surface area contributed by atoms with E-state index >= 15 is 0 Å². The van der Waals surface area contributed by atoms with Crippen molar-refractivity contribution in [1.29, 1.82) is 0 Å². The molecule has 0 spiro atoms. The lowest BCUT2D eigenvalue weighted by Gasteiger charge is -2.25. The summed E-state index contributed by atoms with van der Waals surface area (Å²) in [5.41, 5.74) is 9.24. The first-order chi connectivity index (χ1) is 17.7. The number of hydrazine groups is 1. The Labute approximate surface area is 218 Å². The number of benzene rings is 2. The Balaban J connectivity index is 1.51. The Hall–Kier alpha value is -3.98. The summed E-state index contributed by atoms with van der Waals surface area (Å²) in [7, 11) is 5.61. The first kappa shape index (κ1) is 26.1. The third-order valence-corrected chi connectivity index (χ3v) is 6.47. The van der Waals surface area contributed by atoms with Crippen molar-refractivity contribution in [1.82, 2.24) is 25.1 Å². The van der Waals surface area contributed by atoms with Gasteiger partial charge < -0.3 is 15.6 Å². The molecular formula is C28H35N7O2. The highest BCUT2D eigenvalue weighted by molar-refractivity contribution is 5.97. The fourth-order valence-electron chi connectivity index (χ4n) is 4.62. The van der Waals surface area contributed by atoms with Crippen molar-refractivity contribution in [2.45, 2.75) is 20.3 Å². The summed E-state index contributed by atoms with van der Waals surface area (Å²) >= 11 is 0. The molecule has 1 unspecified atom stereocenters. The van der Waals surface area contributed by atoms with Crippen LogP contribution in [0.5, 0.6) is 0 Å². The van der Waals surface area contributed by atoms with E-state index in [1.165, 1.54) is 0 Å². The Bertz CT molecular complexity index is 1290. The maximum absolute atomic E-state index is 13.7. The topological polar surface area (TPSA) is 94.9 Å². The zero-order valence-electron chi connectivity index (χ0n) is 22.2. The second kappa shape index (κ2) is 11.4. The van der Waals surface area contributed by atoms with E-state index in [9.17, 15) is 9.59 Å². The molecule has 0 bridgehead atoms. The van der Waals surface area contributed by atoms with E-state index in [-0.39, 0.29) is 30.8 Å². The number of aryl methyl sites for hydroxylation is 3. The number of aliphatic imine (C=N–C) groups is 1. The number of hydrogen-bond acceptors (Lipinski definition) is 6. The summed E-state index contributed by atoms with van der Waals surface area (Å²) in [4.78, 5) is 33.1. The van der Waals surface area contributed by atoms with Crippen molar-refractivity contribution in [3.05, 3.63) is 71.5 Å². The van der Waals surface area contributed by atoms with Gasteiger partial charge >= 0.3 is 0 Å². The van der Waals surface area contributed by atoms with E-state index in [0.29, 0.717) is 24.5 Å². The first-order valence-electron chi connectivity index (χ1n) is 12.4. The van der Waals surface area contributed by atoms with Crippen LogP contribution in [0.3, 0.4) is 0 Å². The van der Waals surface area contributed by atoms with Gasteiger partial charge in [0.1, 0.15) is 12.4 Å². The standard InChI is InChI=1S/C28H35N7O2/c1-19-8-6-9-20(2)25(19)13-22-14-29-26(32-33(3)4)17-35(28(22)37)18-27(36)31-24-11-7-10-21(12-24)23-15-30-34(5)16-23/h6-12,15-16,22H,13-14,17-18H2,1-5H3,(H,29,32)(H,31,36). The van der Waals surface area contributed by atoms with E-state index in [0.717, 1.165) is 27.8 Å². The van der Waals surface area contributed by atoms with Gasteiger partial charge in [0.15, 0.2) is 0 Å². The van der Waals surface area contributed by atoms with E-state index in [1.54, 1.807) is 20.8 Å². The van der Waals surface area contributed by atoms with E-state index in [4.69, 9.17) is 4.99 Å². The van der Waals surface area contributed by atoms with Crippen LogP contribution in [-0.2, 0) is 23.1 Å². The number of rotatable bonds is 7. The number of hydrogen-bond donors (Lipinski definition) is 2. The lowest BCUT2D eigenvalue weighted by atomic mass is 9.92. The van der Waals surface area contributed by atoms with Gasteiger partial charge in [-0.3, -0.25) is 19.3 Å². The predicted molar refractivity (Wildman–Crippen MR) is 146 cm³/mol. The van der Waals surface area contributed by atoms with Gasteiger partial charge in [-0.2, -0.15) is 5.10 Å². The Kier molecular flexibility index (Phi) is 8.03. The Morgan fingerprint density at radius 2 is 1.84 bits per heavy atom. The average Bonchev–Trinajstić information content (AvgIpc) is 3.23. The molecule has 2 amide bonds. The molecule has 4 rings (SSSR count). The molecule has 0 saturated heterocycles. The fourth-order valence-corrected chi connectivity index (χ4v) is 4.62. The largest absolute Gasteiger partial charge is 0.326 e. The molecule has 0 saturated carbocycles. The lowest BCUT2D eigenvalue weighted by molar-refractivity contribution is -0.137. The van der Waals surface area contributed by atoms with E-state index in [2.05, 4.69) is 41.8 Å². The van der Waals surface area contributed by atoms with Gasteiger partial charge in [0.05, 0.1) is 25.2 Å². The molecule has 9 heteroatoms. The molecule has 9 nitrogen and oxygen atoms in total. The van der Waals surface area contributed by atoms with Crippen molar-refractivity contribution in [3.8, 4) is 11.1 Å². The number of carbonyl (C=O) groups excluding carboxylic acids is 2. The molecule has 0 fully saturated rings. The van der Waals surface area contributed by atoms with Crippen LogP contribution in [0.15, 0.2) is 59.9 Å². The molecule has 1 aromatic heterocycles. The fraction of sp³-hybridized carbons (Fsp3) is 0.357. The number of amides is 2. The van der Waals surface area contributed by atoms with Crippen LogP contribution in [0.25, 0.3) is 11.1 Å². The number of amidine groups is 1. The highest BCUT2D eigenvalue weighted by Crippen LogP contribution is 2.23. The number of aromatic nitrogens is 2. The van der Waals surface area contributed by atoms with E-state index in [1.807, 2.05) is 57.7 Å². The lowest BCUT2D eigenvalue weighted by Crippen LogP contribution is -2.47. The summed E-state index contributed by atoms with van der Waals surface area (Å²) in [6.07, 6.45) is 4.29. The van der Waals surface area contributed by atoms with Gasteiger partial charge in [0.25, 0.3) is 0 Å². The highest BCUT2D eigenvalue weighted by Gasteiger charge is 2.30. The maximum atomic E-state index is 13.7. The zero-order chi connectivity index (χ0) is 26.5. The minimum Gasteiger partial charge on any atom is -0.326 e. The Morgan fingerprint density at radius 3 is 2.51 bits per heavy atom. The van der Waals surface area contributed by atoms with Gasteiger partial charge in [-0.05, 0) is 54.7 Å². The molecular weight excluding hydrogens is 466 g/mol. The smallest absolute Gasteiger partial charge is 0.244 e. The summed E-state index contributed by atoms with van der Waals surface area (Å²) in [5.74, 6) is -0.00784. The van der Waals surface area contributed by atoms with Crippen molar-refractivity contribution in [3.63, 3.8) is 0 Å². The molecule has 0 aliphatic carbocycles. The zero-order valence-corrected chi connectivity index (χ0v) is 22.2. The molecule has 194 valence electrons. The second-order valence-corrected chi connectivity index (χ2v) is 9.79.